The van der Waals surface area contributed by atoms with Crippen molar-refractivity contribution in [2.75, 3.05) is 14.2 Å². The Balaban J connectivity index is 0.00000154. The minimum Gasteiger partial charge on any atom is -0.493 e. The number of ketones is 1. The van der Waals surface area contributed by atoms with Crippen LogP contribution < -0.4 is 9.47 Å². The van der Waals surface area contributed by atoms with E-state index in [1.165, 1.54) is 0 Å². The van der Waals surface area contributed by atoms with Crippen LogP contribution in [0.15, 0.2) is 24.3 Å². The molecule has 0 aliphatic carbocycles. The summed E-state index contributed by atoms with van der Waals surface area (Å²) >= 11 is 0. The Morgan fingerprint density at radius 3 is 2.16 bits per heavy atom. The van der Waals surface area contributed by atoms with Crippen LogP contribution in [0.2, 0.25) is 0 Å². The Morgan fingerprint density at radius 1 is 1.11 bits per heavy atom. The molecule has 0 aliphatic heterocycles. The van der Waals surface area contributed by atoms with E-state index in [9.17, 15) is 4.79 Å². The van der Waals surface area contributed by atoms with Gasteiger partial charge in [-0.3, -0.25) is 4.79 Å². The topological polar surface area (TPSA) is 35.5 Å². The molecule has 3 nitrogen and oxygen atoms in total. The van der Waals surface area contributed by atoms with Gasteiger partial charge in [-0.25, -0.2) is 0 Å². The van der Waals surface area contributed by atoms with Crippen molar-refractivity contribution in [3.05, 3.63) is 29.8 Å². The van der Waals surface area contributed by atoms with E-state index < -0.39 is 0 Å². The lowest BCUT2D eigenvalue weighted by molar-refractivity contribution is -0.117. The Kier molecular flexibility index (Phi) is 8.34. The molecule has 0 heterocycles. The summed E-state index contributed by atoms with van der Waals surface area (Å²) in [4.78, 5) is 11.5. The van der Waals surface area contributed by atoms with Crippen molar-refractivity contribution in [3.63, 3.8) is 0 Å². The summed E-state index contributed by atoms with van der Waals surface area (Å²) in [6.07, 6.45) is 3.37. The summed E-state index contributed by atoms with van der Waals surface area (Å²) in [5, 5.41) is 0. The number of rotatable bonds is 5. The number of hydrogen-bond donors (Lipinski definition) is 0. The van der Waals surface area contributed by atoms with Gasteiger partial charge in [0, 0.05) is 5.92 Å². The molecule has 19 heavy (non-hydrogen) atoms. The van der Waals surface area contributed by atoms with Gasteiger partial charge >= 0.3 is 0 Å². The summed E-state index contributed by atoms with van der Waals surface area (Å²) < 4.78 is 10.3. The molecular formula is C16H24O3. The smallest absolute Gasteiger partial charge is 0.161 e. The van der Waals surface area contributed by atoms with Crippen LogP contribution in [0.4, 0.5) is 0 Å². The lowest BCUT2D eigenvalue weighted by Gasteiger charge is -2.07. The fraction of sp³-hybridized carbons (Fsp3) is 0.438. The third-order valence-corrected chi connectivity index (χ3v) is 2.42. The second-order valence-electron chi connectivity index (χ2n) is 4.00. The quantitative estimate of drug-likeness (QED) is 0.755. The molecule has 0 saturated carbocycles. The van der Waals surface area contributed by atoms with Gasteiger partial charge in [-0.2, -0.15) is 0 Å². The molecule has 1 rings (SSSR count). The van der Waals surface area contributed by atoms with Crippen LogP contribution in [0.5, 0.6) is 11.5 Å². The SMILES string of the molecule is CC.COc1ccc(/C=C/C(=O)C(C)C)cc1OC. The van der Waals surface area contributed by atoms with Crippen molar-refractivity contribution in [2.45, 2.75) is 27.7 Å². The highest BCUT2D eigenvalue weighted by atomic mass is 16.5. The first-order valence-electron chi connectivity index (χ1n) is 6.52. The first kappa shape index (κ1) is 17.2. The monoisotopic (exact) mass is 264 g/mol. The minimum absolute atomic E-state index is 0.0198. The van der Waals surface area contributed by atoms with Crippen molar-refractivity contribution in [3.8, 4) is 11.5 Å². The Morgan fingerprint density at radius 2 is 1.68 bits per heavy atom. The summed E-state index contributed by atoms with van der Waals surface area (Å²) in [5.41, 5.74) is 0.914. The van der Waals surface area contributed by atoms with Gasteiger partial charge in [0.15, 0.2) is 17.3 Å². The number of ether oxygens (including phenoxy) is 2. The van der Waals surface area contributed by atoms with Crippen LogP contribution in [0.3, 0.4) is 0 Å². The van der Waals surface area contributed by atoms with Gasteiger partial charge in [-0.15, -0.1) is 0 Å². The highest BCUT2D eigenvalue weighted by Crippen LogP contribution is 2.27. The van der Waals surface area contributed by atoms with Gasteiger partial charge in [0.2, 0.25) is 0 Å². The van der Waals surface area contributed by atoms with Crippen LogP contribution in [-0.2, 0) is 4.79 Å². The predicted molar refractivity (Wildman–Crippen MR) is 79.8 cm³/mol. The van der Waals surface area contributed by atoms with Gasteiger partial charge in [0.1, 0.15) is 0 Å². The fourth-order valence-electron chi connectivity index (χ4n) is 1.33. The van der Waals surface area contributed by atoms with Crippen molar-refractivity contribution in [1.29, 1.82) is 0 Å². The Bertz CT molecular complexity index is 420. The lowest BCUT2D eigenvalue weighted by Crippen LogP contribution is -2.01. The van der Waals surface area contributed by atoms with Gasteiger partial charge in [-0.1, -0.05) is 39.8 Å². The number of carbonyl (C=O) groups excluding carboxylic acids is 1. The normalized spacial score (nSPS) is 10.1. The molecule has 1 aromatic rings. The zero-order chi connectivity index (χ0) is 14.8. The molecule has 0 N–H and O–H groups in total. The standard InChI is InChI=1S/C14H18O3.C2H6/c1-10(2)12(15)7-5-11-6-8-13(16-3)14(9-11)17-4;1-2/h5-10H,1-4H3;1-2H3/b7-5+;. The Labute approximate surface area is 116 Å². The van der Waals surface area contributed by atoms with Crippen LogP contribution in [0.1, 0.15) is 33.3 Å². The number of carbonyl (C=O) groups is 1. The number of hydrogen-bond acceptors (Lipinski definition) is 3. The molecular weight excluding hydrogens is 240 g/mol. The molecule has 3 heteroatoms. The maximum Gasteiger partial charge on any atom is 0.161 e. The lowest BCUT2D eigenvalue weighted by atomic mass is 10.1. The third kappa shape index (κ3) is 5.60. The largest absolute Gasteiger partial charge is 0.493 e. The highest BCUT2D eigenvalue weighted by Gasteiger charge is 2.04. The predicted octanol–water partition coefficient (Wildman–Crippen LogP) is 3.97. The van der Waals surface area contributed by atoms with Crippen LogP contribution in [-0.4, -0.2) is 20.0 Å². The van der Waals surface area contributed by atoms with E-state index in [4.69, 9.17) is 9.47 Å². The molecule has 0 atom stereocenters. The van der Waals surface area contributed by atoms with E-state index in [2.05, 4.69) is 0 Å². The Hall–Kier alpha value is -1.77. The molecule has 0 spiro atoms. The van der Waals surface area contributed by atoms with E-state index in [0.717, 1.165) is 5.56 Å². The van der Waals surface area contributed by atoms with Crippen LogP contribution in [0.25, 0.3) is 6.08 Å². The van der Waals surface area contributed by atoms with Gasteiger partial charge in [0.25, 0.3) is 0 Å². The third-order valence-electron chi connectivity index (χ3n) is 2.42. The molecule has 0 fully saturated rings. The zero-order valence-corrected chi connectivity index (χ0v) is 12.7. The summed E-state index contributed by atoms with van der Waals surface area (Å²) in [5.74, 6) is 1.47. The molecule has 0 unspecified atom stereocenters. The van der Waals surface area contributed by atoms with Crippen molar-refractivity contribution >= 4 is 11.9 Å². The van der Waals surface area contributed by atoms with Crippen LogP contribution in [0, 0.1) is 5.92 Å². The summed E-state index contributed by atoms with van der Waals surface area (Å²) in [7, 11) is 3.18. The maximum atomic E-state index is 11.5. The molecule has 106 valence electrons. The molecule has 0 aliphatic rings. The van der Waals surface area contributed by atoms with Crippen LogP contribution >= 0.6 is 0 Å². The molecule has 0 bridgehead atoms. The van der Waals surface area contributed by atoms with E-state index in [1.54, 1.807) is 26.4 Å². The van der Waals surface area contributed by atoms with E-state index in [0.29, 0.717) is 11.5 Å². The zero-order valence-electron chi connectivity index (χ0n) is 12.7. The second kappa shape index (κ2) is 9.20. The van der Waals surface area contributed by atoms with Gasteiger partial charge in [0.05, 0.1) is 14.2 Å². The summed E-state index contributed by atoms with van der Waals surface area (Å²) in [6.45, 7) is 7.75. The number of benzene rings is 1. The fourth-order valence-corrected chi connectivity index (χ4v) is 1.33. The second-order valence-corrected chi connectivity index (χ2v) is 4.00. The average molecular weight is 264 g/mol. The van der Waals surface area contributed by atoms with Gasteiger partial charge in [-0.05, 0) is 23.8 Å². The maximum absolute atomic E-state index is 11.5. The van der Waals surface area contributed by atoms with E-state index >= 15 is 0 Å². The minimum atomic E-state index is 0.0198. The number of allylic oxidation sites excluding steroid dienone is 1. The van der Waals surface area contributed by atoms with Crippen molar-refractivity contribution in [2.24, 2.45) is 5.92 Å². The highest BCUT2D eigenvalue weighted by molar-refractivity contribution is 5.94. The van der Waals surface area contributed by atoms with Crippen molar-refractivity contribution < 1.29 is 14.3 Å². The number of methoxy groups -OCH3 is 2. The first-order valence-corrected chi connectivity index (χ1v) is 6.52. The molecule has 0 aromatic heterocycles. The molecule has 1 aromatic carbocycles. The summed E-state index contributed by atoms with van der Waals surface area (Å²) in [6, 6.07) is 5.53. The van der Waals surface area contributed by atoms with Gasteiger partial charge < -0.3 is 9.47 Å². The molecule has 0 saturated heterocycles. The van der Waals surface area contributed by atoms with E-state index in [-0.39, 0.29) is 11.7 Å². The average Bonchev–Trinajstić information content (AvgIpc) is 2.46. The first-order chi connectivity index (χ1) is 9.08. The molecule has 0 radical (unpaired) electrons. The van der Waals surface area contributed by atoms with Crippen molar-refractivity contribution in [1.82, 2.24) is 0 Å². The molecule has 0 amide bonds. The van der Waals surface area contributed by atoms with E-state index in [1.807, 2.05) is 45.9 Å².